The minimum atomic E-state index is -0.0727. The lowest BCUT2D eigenvalue weighted by Gasteiger charge is -2.31. The molecule has 0 aliphatic carbocycles. The highest BCUT2D eigenvalue weighted by molar-refractivity contribution is 4.77. The van der Waals surface area contributed by atoms with Crippen LogP contribution in [-0.2, 0) is 0 Å². The number of nitrogens with zero attached hydrogens (tertiary/aromatic N) is 1. The van der Waals surface area contributed by atoms with Crippen LogP contribution in [0.25, 0.3) is 0 Å². The molecule has 2 N–H and O–H groups in total. The molecule has 0 saturated heterocycles. The standard InChI is InChI=1S/C10H24N2/c1-6-7-9(2)12(5)8-10(3,4)11/h9H,6-8,11H2,1-5H3. The highest BCUT2D eigenvalue weighted by atomic mass is 15.1. The van der Waals surface area contributed by atoms with Crippen molar-refractivity contribution in [3.63, 3.8) is 0 Å². The molecule has 0 aromatic heterocycles. The molecule has 0 aromatic rings. The van der Waals surface area contributed by atoms with Crippen molar-refractivity contribution in [2.24, 2.45) is 5.73 Å². The zero-order chi connectivity index (χ0) is 9.78. The summed E-state index contributed by atoms with van der Waals surface area (Å²) in [6.07, 6.45) is 2.50. The fourth-order valence-corrected chi connectivity index (χ4v) is 1.44. The predicted octanol–water partition coefficient (Wildman–Crippen LogP) is 1.84. The summed E-state index contributed by atoms with van der Waals surface area (Å²) >= 11 is 0. The molecule has 0 bridgehead atoms. The number of likely N-dealkylation sites (N-methyl/N-ethyl adjacent to an activating group) is 1. The van der Waals surface area contributed by atoms with Crippen LogP contribution in [0.2, 0.25) is 0 Å². The molecule has 1 atom stereocenters. The molecule has 0 saturated carbocycles. The summed E-state index contributed by atoms with van der Waals surface area (Å²) in [7, 11) is 2.15. The van der Waals surface area contributed by atoms with Gasteiger partial charge in [-0.3, -0.25) is 0 Å². The van der Waals surface area contributed by atoms with Crippen molar-refractivity contribution in [1.29, 1.82) is 0 Å². The van der Waals surface area contributed by atoms with Gasteiger partial charge in [-0.05, 0) is 34.2 Å². The molecule has 0 fully saturated rings. The van der Waals surface area contributed by atoms with Gasteiger partial charge in [-0.25, -0.2) is 0 Å². The second-order valence-electron chi connectivity index (χ2n) is 4.54. The van der Waals surface area contributed by atoms with Crippen LogP contribution < -0.4 is 5.73 Å². The van der Waals surface area contributed by atoms with Gasteiger partial charge in [-0.15, -0.1) is 0 Å². The van der Waals surface area contributed by atoms with Gasteiger partial charge in [0.15, 0.2) is 0 Å². The van der Waals surface area contributed by atoms with Crippen LogP contribution in [0.4, 0.5) is 0 Å². The maximum Gasteiger partial charge on any atom is 0.0226 e. The Kier molecular flexibility index (Phi) is 4.80. The van der Waals surface area contributed by atoms with Gasteiger partial charge in [0.2, 0.25) is 0 Å². The smallest absolute Gasteiger partial charge is 0.0226 e. The summed E-state index contributed by atoms with van der Waals surface area (Å²) in [5.41, 5.74) is 5.86. The van der Waals surface area contributed by atoms with Gasteiger partial charge in [0, 0.05) is 18.1 Å². The second kappa shape index (κ2) is 4.83. The number of hydrogen-bond acceptors (Lipinski definition) is 2. The highest BCUT2D eigenvalue weighted by Crippen LogP contribution is 2.07. The Balaban J connectivity index is 3.78. The molecule has 2 nitrogen and oxygen atoms in total. The lowest BCUT2D eigenvalue weighted by atomic mass is 10.1. The van der Waals surface area contributed by atoms with Crippen molar-refractivity contribution in [3.05, 3.63) is 0 Å². The summed E-state index contributed by atoms with van der Waals surface area (Å²) in [4.78, 5) is 2.34. The lowest BCUT2D eigenvalue weighted by molar-refractivity contribution is 0.204. The zero-order valence-corrected chi connectivity index (χ0v) is 9.22. The molecule has 0 aliphatic heterocycles. The Morgan fingerprint density at radius 1 is 1.42 bits per heavy atom. The zero-order valence-electron chi connectivity index (χ0n) is 9.22. The predicted molar refractivity (Wildman–Crippen MR) is 55.3 cm³/mol. The third kappa shape index (κ3) is 5.56. The fraction of sp³-hybridized carbons (Fsp3) is 1.00. The molecule has 0 spiro atoms. The Bertz CT molecular complexity index is 115. The van der Waals surface area contributed by atoms with Crippen molar-refractivity contribution >= 4 is 0 Å². The average Bonchev–Trinajstić information content (AvgIpc) is 1.84. The van der Waals surface area contributed by atoms with E-state index in [0.717, 1.165) is 6.54 Å². The first-order valence-electron chi connectivity index (χ1n) is 4.86. The molecule has 74 valence electrons. The molecule has 0 amide bonds. The average molecular weight is 172 g/mol. The van der Waals surface area contributed by atoms with E-state index in [-0.39, 0.29) is 5.54 Å². The van der Waals surface area contributed by atoms with E-state index in [4.69, 9.17) is 5.73 Å². The molecule has 0 aliphatic rings. The van der Waals surface area contributed by atoms with Gasteiger partial charge in [0.05, 0.1) is 0 Å². The molecule has 0 rings (SSSR count). The molecule has 1 unspecified atom stereocenters. The van der Waals surface area contributed by atoms with E-state index in [1.54, 1.807) is 0 Å². The van der Waals surface area contributed by atoms with Crippen molar-refractivity contribution in [2.45, 2.75) is 52.1 Å². The van der Waals surface area contributed by atoms with Crippen LogP contribution >= 0.6 is 0 Å². The topological polar surface area (TPSA) is 29.3 Å². The third-order valence-electron chi connectivity index (χ3n) is 2.12. The van der Waals surface area contributed by atoms with Crippen molar-refractivity contribution in [2.75, 3.05) is 13.6 Å². The molecule has 0 heterocycles. The van der Waals surface area contributed by atoms with E-state index in [2.05, 4.69) is 39.6 Å². The minimum Gasteiger partial charge on any atom is -0.324 e. The SMILES string of the molecule is CCCC(C)N(C)CC(C)(C)N. The van der Waals surface area contributed by atoms with Crippen LogP contribution in [0, 0.1) is 0 Å². The molecule has 0 radical (unpaired) electrons. The summed E-state index contributed by atoms with van der Waals surface area (Å²) < 4.78 is 0. The first-order chi connectivity index (χ1) is 5.37. The van der Waals surface area contributed by atoms with Crippen molar-refractivity contribution in [1.82, 2.24) is 4.90 Å². The van der Waals surface area contributed by atoms with Gasteiger partial charge in [-0.1, -0.05) is 13.3 Å². The Hall–Kier alpha value is -0.0800. The minimum absolute atomic E-state index is 0.0727. The van der Waals surface area contributed by atoms with E-state index in [1.165, 1.54) is 12.8 Å². The lowest BCUT2D eigenvalue weighted by Crippen LogP contribution is -2.46. The van der Waals surface area contributed by atoms with E-state index in [9.17, 15) is 0 Å². The van der Waals surface area contributed by atoms with Gasteiger partial charge in [-0.2, -0.15) is 0 Å². The molecular formula is C10H24N2. The normalized spacial score (nSPS) is 15.2. The van der Waals surface area contributed by atoms with Crippen molar-refractivity contribution in [3.8, 4) is 0 Å². The number of nitrogens with two attached hydrogens (primary N) is 1. The number of rotatable bonds is 5. The van der Waals surface area contributed by atoms with Crippen LogP contribution in [0.15, 0.2) is 0 Å². The van der Waals surface area contributed by atoms with E-state index in [1.807, 2.05) is 0 Å². The van der Waals surface area contributed by atoms with Gasteiger partial charge >= 0.3 is 0 Å². The Morgan fingerprint density at radius 3 is 2.25 bits per heavy atom. The quantitative estimate of drug-likeness (QED) is 0.685. The van der Waals surface area contributed by atoms with Gasteiger partial charge in [0.1, 0.15) is 0 Å². The summed E-state index contributed by atoms with van der Waals surface area (Å²) in [5, 5.41) is 0. The second-order valence-corrected chi connectivity index (χ2v) is 4.54. The first kappa shape index (κ1) is 11.9. The molecular weight excluding hydrogens is 148 g/mol. The van der Waals surface area contributed by atoms with Crippen LogP contribution in [0.5, 0.6) is 0 Å². The van der Waals surface area contributed by atoms with Crippen LogP contribution in [0.3, 0.4) is 0 Å². The van der Waals surface area contributed by atoms with Crippen molar-refractivity contribution < 1.29 is 0 Å². The maximum atomic E-state index is 5.93. The fourth-order valence-electron chi connectivity index (χ4n) is 1.44. The highest BCUT2D eigenvalue weighted by Gasteiger charge is 2.16. The Morgan fingerprint density at radius 2 is 1.92 bits per heavy atom. The monoisotopic (exact) mass is 172 g/mol. The largest absolute Gasteiger partial charge is 0.324 e. The molecule has 0 aromatic carbocycles. The summed E-state index contributed by atoms with van der Waals surface area (Å²) in [5.74, 6) is 0. The van der Waals surface area contributed by atoms with E-state index >= 15 is 0 Å². The Labute approximate surface area is 77.1 Å². The summed E-state index contributed by atoms with van der Waals surface area (Å²) in [6, 6.07) is 0.651. The number of hydrogen-bond donors (Lipinski definition) is 1. The van der Waals surface area contributed by atoms with Crippen LogP contribution in [-0.4, -0.2) is 30.1 Å². The van der Waals surface area contributed by atoms with Gasteiger partial charge < -0.3 is 10.6 Å². The third-order valence-corrected chi connectivity index (χ3v) is 2.12. The van der Waals surface area contributed by atoms with E-state index in [0.29, 0.717) is 6.04 Å². The summed E-state index contributed by atoms with van der Waals surface area (Å²) in [6.45, 7) is 9.59. The van der Waals surface area contributed by atoms with Crippen LogP contribution in [0.1, 0.15) is 40.5 Å². The molecule has 12 heavy (non-hydrogen) atoms. The maximum absolute atomic E-state index is 5.93. The first-order valence-corrected chi connectivity index (χ1v) is 4.86. The van der Waals surface area contributed by atoms with Gasteiger partial charge in [0.25, 0.3) is 0 Å². The van der Waals surface area contributed by atoms with E-state index < -0.39 is 0 Å². The molecule has 2 heteroatoms.